The fraction of sp³-hybridized carbons (Fsp3) is 0.190. The summed E-state index contributed by atoms with van der Waals surface area (Å²) in [5, 5.41) is 19.9. The molecule has 2 aromatic heterocycles. The van der Waals surface area contributed by atoms with Crippen molar-refractivity contribution in [2.45, 2.75) is 26.3 Å². The lowest BCUT2D eigenvalue weighted by atomic mass is 10.2. The second kappa shape index (κ2) is 7.20. The zero-order valence-electron chi connectivity index (χ0n) is 16.0. The predicted octanol–water partition coefficient (Wildman–Crippen LogP) is 2.68. The standard InChI is InChI=1S/C21H18N6O2/c1-13(2)19-24-25-20-21(29)26(16-5-3-4-6-17(16)27(19)20)12-18(28)23-15-9-7-14(11-22)8-10-15/h3-10,13H,12H2,1-2H3,(H,23,28). The van der Waals surface area contributed by atoms with E-state index in [1.165, 1.54) is 4.57 Å². The molecule has 0 saturated heterocycles. The first-order valence-electron chi connectivity index (χ1n) is 9.16. The highest BCUT2D eigenvalue weighted by Gasteiger charge is 2.19. The number of hydrogen-bond acceptors (Lipinski definition) is 5. The van der Waals surface area contributed by atoms with Crippen molar-refractivity contribution in [3.63, 3.8) is 0 Å². The van der Waals surface area contributed by atoms with Crippen LogP contribution in [0.25, 0.3) is 16.7 Å². The third-order valence-corrected chi connectivity index (χ3v) is 4.65. The molecule has 1 amide bonds. The normalized spacial score (nSPS) is 11.1. The molecule has 29 heavy (non-hydrogen) atoms. The lowest BCUT2D eigenvalue weighted by Gasteiger charge is -2.13. The van der Waals surface area contributed by atoms with E-state index in [-0.39, 0.29) is 29.6 Å². The monoisotopic (exact) mass is 386 g/mol. The van der Waals surface area contributed by atoms with E-state index in [0.29, 0.717) is 22.6 Å². The number of rotatable bonds is 4. The summed E-state index contributed by atoms with van der Waals surface area (Å²) in [6, 6.07) is 15.9. The van der Waals surface area contributed by atoms with Crippen LogP contribution in [0.4, 0.5) is 5.69 Å². The van der Waals surface area contributed by atoms with Crippen molar-refractivity contribution >= 4 is 28.3 Å². The van der Waals surface area contributed by atoms with Crippen molar-refractivity contribution in [1.29, 1.82) is 5.26 Å². The maximum atomic E-state index is 13.1. The summed E-state index contributed by atoms with van der Waals surface area (Å²) in [5.41, 5.74) is 2.26. The molecule has 0 aliphatic rings. The summed E-state index contributed by atoms with van der Waals surface area (Å²) >= 11 is 0. The Hall–Kier alpha value is -3.99. The van der Waals surface area contributed by atoms with Crippen molar-refractivity contribution < 1.29 is 4.79 Å². The van der Waals surface area contributed by atoms with Gasteiger partial charge in [-0.1, -0.05) is 26.0 Å². The van der Waals surface area contributed by atoms with Gasteiger partial charge in [0.1, 0.15) is 12.4 Å². The summed E-state index contributed by atoms with van der Waals surface area (Å²) < 4.78 is 3.17. The van der Waals surface area contributed by atoms with E-state index in [1.54, 1.807) is 34.7 Å². The van der Waals surface area contributed by atoms with Crippen molar-refractivity contribution in [1.82, 2.24) is 19.2 Å². The largest absolute Gasteiger partial charge is 0.325 e. The highest BCUT2D eigenvalue weighted by molar-refractivity contribution is 5.91. The zero-order valence-corrected chi connectivity index (χ0v) is 16.0. The van der Waals surface area contributed by atoms with Crippen molar-refractivity contribution in [2.24, 2.45) is 0 Å². The Kier molecular flexibility index (Phi) is 4.56. The minimum Gasteiger partial charge on any atom is -0.325 e. The van der Waals surface area contributed by atoms with E-state index in [1.807, 2.05) is 38.1 Å². The van der Waals surface area contributed by atoms with Crippen molar-refractivity contribution in [3.8, 4) is 6.07 Å². The highest BCUT2D eigenvalue weighted by Crippen LogP contribution is 2.19. The molecule has 1 N–H and O–H groups in total. The van der Waals surface area contributed by atoms with E-state index in [4.69, 9.17) is 5.26 Å². The number of para-hydroxylation sites is 2. The topological polar surface area (TPSA) is 105 Å². The Morgan fingerprint density at radius 1 is 1.10 bits per heavy atom. The van der Waals surface area contributed by atoms with Gasteiger partial charge in [-0.3, -0.25) is 18.6 Å². The number of amides is 1. The highest BCUT2D eigenvalue weighted by atomic mass is 16.2. The Balaban J connectivity index is 1.77. The minimum atomic E-state index is -0.377. The van der Waals surface area contributed by atoms with Gasteiger partial charge in [-0.15, -0.1) is 10.2 Å². The molecule has 4 aromatic rings. The molecule has 8 heteroatoms. The lowest BCUT2D eigenvalue weighted by molar-refractivity contribution is -0.116. The average molecular weight is 386 g/mol. The summed E-state index contributed by atoms with van der Waals surface area (Å²) in [4.78, 5) is 25.7. The molecule has 8 nitrogen and oxygen atoms in total. The van der Waals surface area contributed by atoms with Crippen molar-refractivity contribution in [2.75, 3.05) is 5.32 Å². The summed E-state index contributed by atoms with van der Waals surface area (Å²) in [5.74, 6) is 0.431. The van der Waals surface area contributed by atoms with Crippen LogP contribution in [0.2, 0.25) is 0 Å². The van der Waals surface area contributed by atoms with Gasteiger partial charge in [0.15, 0.2) is 0 Å². The van der Waals surface area contributed by atoms with Gasteiger partial charge in [-0.25, -0.2) is 0 Å². The lowest BCUT2D eigenvalue weighted by Crippen LogP contribution is -2.29. The number of carbonyl (C=O) groups is 1. The molecule has 0 spiro atoms. The van der Waals surface area contributed by atoms with Gasteiger partial charge in [0.25, 0.3) is 5.56 Å². The first kappa shape index (κ1) is 18.4. The minimum absolute atomic E-state index is 0.0864. The van der Waals surface area contributed by atoms with Crippen LogP contribution in [0.5, 0.6) is 0 Å². The van der Waals surface area contributed by atoms with Crippen LogP contribution >= 0.6 is 0 Å². The first-order valence-corrected chi connectivity index (χ1v) is 9.16. The van der Waals surface area contributed by atoms with Crippen LogP contribution in [0.3, 0.4) is 0 Å². The molecule has 0 atom stereocenters. The molecule has 0 aliphatic carbocycles. The molecule has 0 unspecified atom stereocenters. The fourth-order valence-electron chi connectivity index (χ4n) is 3.29. The van der Waals surface area contributed by atoms with E-state index in [9.17, 15) is 9.59 Å². The number of nitrogens with zero attached hydrogens (tertiary/aromatic N) is 5. The van der Waals surface area contributed by atoms with Crippen LogP contribution in [0.1, 0.15) is 31.2 Å². The molecule has 0 fully saturated rings. The summed E-state index contributed by atoms with van der Waals surface area (Å²) in [6.07, 6.45) is 0. The molecule has 144 valence electrons. The molecule has 2 heterocycles. The SMILES string of the molecule is CC(C)c1nnc2c(=O)n(CC(=O)Nc3ccc(C#N)cc3)c3ccccc3n12. The summed E-state index contributed by atoms with van der Waals surface area (Å²) in [6.45, 7) is 3.81. The van der Waals surface area contributed by atoms with Crippen molar-refractivity contribution in [3.05, 3.63) is 70.3 Å². The van der Waals surface area contributed by atoms with Crippen LogP contribution in [0.15, 0.2) is 53.3 Å². The number of nitriles is 1. The van der Waals surface area contributed by atoms with Gasteiger partial charge in [-0.05, 0) is 36.4 Å². The smallest absolute Gasteiger partial charge is 0.297 e. The second-order valence-electron chi connectivity index (χ2n) is 6.99. The Morgan fingerprint density at radius 2 is 1.79 bits per heavy atom. The van der Waals surface area contributed by atoms with Crippen LogP contribution in [-0.4, -0.2) is 25.1 Å². The van der Waals surface area contributed by atoms with E-state index in [2.05, 4.69) is 15.5 Å². The van der Waals surface area contributed by atoms with Crippen LogP contribution < -0.4 is 10.9 Å². The number of carbonyl (C=O) groups excluding carboxylic acids is 1. The van der Waals surface area contributed by atoms with Crippen LogP contribution in [-0.2, 0) is 11.3 Å². The maximum absolute atomic E-state index is 13.1. The third-order valence-electron chi connectivity index (χ3n) is 4.65. The number of aromatic nitrogens is 4. The van der Waals surface area contributed by atoms with Gasteiger partial charge >= 0.3 is 0 Å². The second-order valence-corrected chi connectivity index (χ2v) is 6.99. The number of hydrogen-bond donors (Lipinski definition) is 1. The van der Waals surface area contributed by atoms with E-state index < -0.39 is 0 Å². The molecule has 0 radical (unpaired) electrons. The molecule has 2 aromatic carbocycles. The maximum Gasteiger partial charge on any atom is 0.297 e. The van der Waals surface area contributed by atoms with Gasteiger partial charge in [0, 0.05) is 11.6 Å². The first-order chi connectivity index (χ1) is 14.0. The Bertz CT molecular complexity index is 1330. The third kappa shape index (κ3) is 3.23. The predicted molar refractivity (Wildman–Crippen MR) is 109 cm³/mol. The molecular weight excluding hydrogens is 368 g/mol. The molecule has 0 aliphatic heterocycles. The fourth-order valence-corrected chi connectivity index (χ4v) is 3.29. The molecule has 0 bridgehead atoms. The van der Waals surface area contributed by atoms with Gasteiger partial charge in [-0.2, -0.15) is 5.26 Å². The molecule has 4 rings (SSSR count). The van der Waals surface area contributed by atoms with E-state index in [0.717, 1.165) is 5.52 Å². The number of benzene rings is 2. The quantitative estimate of drug-likeness (QED) is 0.580. The number of anilines is 1. The Labute approximate surface area is 166 Å². The zero-order chi connectivity index (χ0) is 20.5. The summed E-state index contributed by atoms with van der Waals surface area (Å²) in [7, 11) is 0. The number of fused-ring (bicyclic) bond motifs is 3. The molecule has 0 saturated carbocycles. The van der Waals surface area contributed by atoms with Gasteiger partial charge in [0.2, 0.25) is 11.6 Å². The van der Waals surface area contributed by atoms with Crippen LogP contribution in [0, 0.1) is 11.3 Å². The Morgan fingerprint density at radius 3 is 2.45 bits per heavy atom. The average Bonchev–Trinajstić information content (AvgIpc) is 3.17. The van der Waals surface area contributed by atoms with E-state index >= 15 is 0 Å². The number of nitrogens with one attached hydrogen (secondary N) is 1. The molecular formula is C21H18N6O2. The van der Waals surface area contributed by atoms with Gasteiger partial charge < -0.3 is 5.32 Å². The van der Waals surface area contributed by atoms with Gasteiger partial charge in [0.05, 0.1) is 22.7 Å².